The highest BCUT2D eigenvalue weighted by Gasteiger charge is 2.38. The quantitative estimate of drug-likeness (QED) is 0.233. The first-order valence-electron chi connectivity index (χ1n) is 11.0. The van der Waals surface area contributed by atoms with Gasteiger partial charge in [-0.05, 0) is 47.0 Å². The number of thiophene rings is 1. The Morgan fingerprint density at radius 3 is 2.22 bits per heavy atom. The van der Waals surface area contributed by atoms with Gasteiger partial charge in [0.2, 0.25) is 0 Å². The lowest BCUT2D eigenvalue weighted by Crippen LogP contribution is -2.21. The first kappa shape index (κ1) is 25.2. The molecule has 5 rings (SSSR count). The summed E-state index contributed by atoms with van der Waals surface area (Å²) in [6.45, 7) is 1.73. The van der Waals surface area contributed by atoms with Gasteiger partial charge in [0.1, 0.15) is 5.82 Å². The average molecular weight is 510 g/mol. The molecule has 0 spiro atoms. The van der Waals surface area contributed by atoms with E-state index in [9.17, 15) is 13.2 Å². The Bertz CT molecular complexity index is 1410. The van der Waals surface area contributed by atoms with E-state index >= 15 is 0 Å². The van der Waals surface area contributed by atoms with E-state index in [2.05, 4.69) is 77.0 Å². The Hall–Kier alpha value is -3.95. The van der Waals surface area contributed by atoms with Crippen molar-refractivity contribution in [2.24, 2.45) is 0 Å². The largest absolute Gasteiger partial charge is 0.490 e. The number of aromatic nitrogens is 2. The van der Waals surface area contributed by atoms with Crippen molar-refractivity contribution in [2.75, 3.05) is 0 Å². The second kappa shape index (κ2) is 11.2. The second-order valence-corrected chi connectivity index (χ2v) is 8.94. The number of alkyl halides is 3. The van der Waals surface area contributed by atoms with E-state index in [-0.39, 0.29) is 0 Å². The van der Waals surface area contributed by atoms with Gasteiger partial charge in [0.25, 0.3) is 0 Å². The molecule has 36 heavy (non-hydrogen) atoms. The molecule has 0 bridgehead atoms. The van der Waals surface area contributed by atoms with Crippen molar-refractivity contribution in [2.45, 2.75) is 19.3 Å². The van der Waals surface area contributed by atoms with Crippen LogP contribution in [0.2, 0.25) is 0 Å². The number of hydrogen-bond donors (Lipinski definition) is 3. The predicted molar refractivity (Wildman–Crippen MR) is 136 cm³/mol. The van der Waals surface area contributed by atoms with Crippen LogP contribution in [0.4, 0.5) is 13.2 Å². The molecule has 0 saturated carbocycles. The number of nitrogens with zero attached hydrogens (tertiary/aromatic N) is 1. The van der Waals surface area contributed by atoms with Crippen LogP contribution in [-0.4, -0.2) is 27.2 Å². The number of hydrogen-bond acceptors (Lipinski definition) is 4. The van der Waals surface area contributed by atoms with Crippen LogP contribution in [-0.2, 0) is 17.9 Å². The maximum atomic E-state index is 10.6. The maximum absolute atomic E-state index is 10.6. The Kier molecular flexibility index (Phi) is 7.82. The summed E-state index contributed by atoms with van der Waals surface area (Å²) in [7, 11) is 0. The van der Waals surface area contributed by atoms with Crippen molar-refractivity contribution < 1.29 is 23.1 Å². The Labute approximate surface area is 209 Å². The molecule has 0 fully saturated rings. The fourth-order valence-corrected chi connectivity index (χ4v) is 4.42. The van der Waals surface area contributed by atoms with Crippen LogP contribution in [0, 0.1) is 0 Å². The van der Waals surface area contributed by atoms with Crippen molar-refractivity contribution >= 4 is 28.3 Å². The minimum Gasteiger partial charge on any atom is -0.475 e. The summed E-state index contributed by atoms with van der Waals surface area (Å²) in [6, 6.07) is 31.7. The molecule has 3 N–H and O–H groups in total. The minimum atomic E-state index is -5.08. The van der Waals surface area contributed by atoms with Crippen molar-refractivity contribution in [3.05, 3.63) is 102 Å². The average Bonchev–Trinajstić information content (AvgIpc) is 3.52. The van der Waals surface area contributed by atoms with Crippen LogP contribution >= 0.6 is 11.3 Å². The van der Waals surface area contributed by atoms with E-state index in [4.69, 9.17) is 14.9 Å². The van der Waals surface area contributed by atoms with Gasteiger partial charge in [0, 0.05) is 18.0 Å². The van der Waals surface area contributed by atoms with Gasteiger partial charge in [0.05, 0.1) is 15.9 Å². The lowest BCUT2D eigenvalue weighted by atomic mass is 10.1. The molecule has 0 aliphatic heterocycles. The SMILES string of the molecule is O=C(O)C(F)(F)F.c1ccc(CNCc2cccc(-c3ccc(-c4nc5ccccc5[nH]4)s3)c2)cc1. The van der Waals surface area contributed by atoms with E-state index in [1.165, 1.54) is 21.6 Å². The van der Waals surface area contributed by atoms with E-state index in [1.54, 1.807) is 11.3 Å². The molecule has 184 valence electrons. The number of fused-ring (bicyclic) bond motifs is 1. The summed E-state index contributed by atoms with van der Waals surface area (Å²) in [4.78, 5) is 19.4. The van der Waals surface area contributed by atoms with E-state index in [0.29, 0.717) is 0 Å². The molecule has 0 aliphatic rings. The zero-order valence-corrected chi connectivity index (χ0v) is 19.7. The third kappa shape index (κ3) is 6.59. The van der Waals surface area contributed by atoms with Crippen LogP contribution in [0.1, 0.15) is 11.1 Å². The molecule has 0 radical (unpaired) electrons. The second-order valence-electron chi connectivity index (χ2n) is 7.86. The zero-order valence-electron chi connectivity index (χ0n) is 18.9. The first-order chi connectivity index (χ1) is 17.3. The summed E-state index contributed by atoms with van der Waals surface area (Å²) < 4.78 is 31.7. The summed E-state index contributed by atoms with van der Waals surface area (Å²) in [5.74, 6) is -1.82. The van der Waals surface area contributed by atoms with Crippen LogP contribution < -0.4 is 5.32 Å². The Morgan fingerprint density at radius 1 is 0.861 bits per heavy atom. The van der Waals surface area contributed by atoms with Gasteiger partial charge in [0.15, 0.2) is 0 Å². The maximum Gasteiger partial charge on any atom is 0.490 e. The molecule has 9 heteroatoms. The molecule has 3 aromatic carbocycles. The molecule has 0 unspecified atom stereocenters. The molecule has 0 atom stereocenters. The predicted octanol–water partition coefficient (Wildman–Crippen LogP) is 6.88. The van der Waals surface area contributed by atoms with E-state index in [1.807, 2.05) is 24.3 Å². The van der Waals surface area contributed by atoms with Crippen LogP contribution in [0.15, 0.2) is 91.0 Å². The smallest absolute Gasteiger partial charge is 0.475 e. The summed E-state index contributed by atoms with van der Waals surface area (Å²) in [5, 5.41) is 10.7. The minimum absolute atomic E-state index is 0.852. The molecule has 5 aromatic rings. The zero-order chi connectivity index (χ0) is 25.5. The number of nitrogens with one attached hydrogen (secondary N) is 2. The standard InChI is InChI=1S/C25H21N3S.C2HF3O2/c1-2-7-18(8-3-1)16-26-17-19-9-6-10-20(15-19)23-13-14-24(29-23)25-27-21-11-4-5-12-22(21)28-25;3-2(4,5)1(6)7/h1-15,26H,16-17H2,(H,27,28);(H,6,7). The van der Waals surface area contributed by atoms with E-state index < -0.39 is 12.1 Å². The number of para-hydroxylation sites is 2. The molecule has 2 aromatic heterocycles. The highest BCUT2D eigenvalue weighted by Crippen LogP contribution is 2.34. The van der Waals surface area contributed by atoms with Crippen LogP contribution in [0.25, 0.3) is 32.2 Å². The fraction of sp³-hybridized carbons (Fsp3) is 0.111. The third-order valence-corrected chi connectivity index (χ3v) is 6.32. The van der Waals surface area contributed by atoms with Crippen LogP contribution in [0.5, 0.6) is 0 Å². The molecule has 0 aliphatic carbocycles. The molecular weight excluding hydrogens is 487 g/mol. The topological polar surface area (TPSA) is 78.0 Å². The lowest BCUT2D eigenvalue weighted by molar-refractivity contribution is -0.192. The molecule has 0 saturated heterocycles. The Morgan fingerprint density at radius 2 is 1.50 bits per heavy atom. The van der Waals surface area contributed by atoms with Crippen molar-refractivity contribution in [3.63, 3.8) is 0 Å². The number of rotatable bonds is 6. The number of carboxylic acid groups (broad SMARTS) is 1. The molecule has 2 heterocycles. The summed E-state index contributed by atoms with van der Waals surface area (Å²) >= 11 is 1.77. The highest BCUT2D eigenvalue weighted by atomic mass is 32.1. The first-order valence-corrected chi connectivity index (χ1v) is 11.8. The van der Waals surface area contributed by atoms with Crippen molar-refractivity contribution in [1.29, 1.82) is 0 Å². The normalized spacial score (nSPS) is 11.2. The van der Waals surface area contributed by atoms with Gasteiger partial charge >= 0.3 is 12.1 Å². The molecule has 5 nitrogen and oxygen atoms in total. The van der Waals surface area contributed by atoms with Gasteiger partial charge in [-0.25, -0.2) is 9.78 Å². The fourth-order valence-electron chi connectivity index (χ4n) is 3.47. The van der Waals surface area contributed by atoms with E-state index in [0.717, 1.165) is 34.8 Å². The number of carbonyl (C=O) groups is 1. The summed E-state index contributed by atoms with van der Waals surface area (Å²) in [6.07, 6.45) is -5.08. The van der Waals surface area contributed by atoms with Gasteiger partial charge in [-0.1, -0.05) is 60.7 Å². The highest BCUT2D eigenvalue weighted by molar-refractivity contribution is 7.18. The van der Waals surface area contributed by atoms with Gasteiger partial charge in [-0.3, -0.25) is 0 Å². The number of H-pyrrole nitrogens is 1. The molecular formula is C27H22F3N3O2S. The van der Waals surface area contributed by atoms with Crippen molar-refractivity contribution in [3.8, 4) is 21.1 Å². The Balaban J connectivity index is 0.000000384. The number of halogens is 3. The number of aliphatic carboxylic acids is 1. The van der Waals surface area contributed by atoms with Gasteiger partial charge in [-0.2, -0.15) is 13.2 Å². The number of aromatic amines is 1. The van der Waals surface area contributed by atoms with Gasteiger partial charge in [-0.15, -0.1) is 11.3 Å². The summed E-state index contributed by atoms with van der Waals surface area (Å²) in [5.41, 5.74) is 5.92. The van der Waals surface area contributed by atoms with Crippen molar-refractivity contribution in [1.82, 2.24) is 15.3 Å². The monoisotopic (exact) mass is 509 g/mol. The number of carboxylic acids is 1. The van der Waals surface area contributed by atoms with Gasteiger partial charge < -0.3 is 15.4 Å². The van der Waals surface area contributed by atoms with Crippen LogP contribution in [0.3, 0.4) is 0 Å². The lowest BCUT2D eigenvalue weighted by Gasteiger charge is -2.07. The number of imidazole rings is 1. The third-order valence-electron chi connectivity index (χ3n) is 5.18. The molecule has 0 amide bonds. The number of benzene rings is 3.